The maximum Gasteiger partial charge on any atom is 0.185 e. The van der Waals surface area contributed by atoms with Crippen LogP contribution in [0.5, 0.6) is 0 Å². The van der Waals surface area contributed by atoms with Crippen LogP contribution in [0.3, 0.4) is 0 Å². The molecule has 0 N–H and O–H groups in total. The summed E-state index contributed by atoms with van der Waals surface area (Å²) in [5.41, 5.74) is 0. The highest BCUT2D eigenvalue weighted by Gasteiger charge is 2.18. The Morgan fingerprint density at radius 2 is 1.92 bits per heavy atom. The van der Waals surface area contributed by atoms with Crippen LogP contribution in [0.4, 0.5) is 0 Å². The van der Waals surface area contributed by atoms with Gasteiger partial charge in [0.1, 0.15) is 6.10 Å². The molecule has 0 rings (SSSR count). The summed E-state index contributed by atoms with van der Waals surface area (Å²) >= 11 is 0. The van der Waals surface area contributed by atoms with Crippen LogP contribution >= 0.6 is 0 Å². The van der Waals surface area contributed by atoms with Gasteiger partial charge in [-0.1, -0.05) is 25.7 Å². The van der Waals surface area contributed by atoms with Crippen LogP contribution < -0.4 is 0 Å². The maximum absolute atomic E-state index is 5.84. The highest BCUT2D eigenvalue weighted by molar-refractivity contribution is 6.69. The summed E-state index contributed by atoms with van der Waals surface area (Å²) in [5.74, 6) is 2.73. The highest BCUT2D eigenvalue weighted by atomic mass is 28.4. The average molecular weight is 198 g/mol. The molecule has 13 heavy (non-hydrogen) atoms. The quantitative estimate of drug-likeness (QED) is 0.361. The normalized spacial score (nSPS) is 13.8. The first-order valence-electron chi connectivity index (χ1n) is 5.13. The Balaban J connectivity index is 3.72. The minimum Gasteiger partial charge on any atom is -0.404 e. The first-order chi connectivity index (χ1) is 5.99. The van der Waals surface area contributed by atoms with Crippen molar-refractivity contribution in [3.63, 3.8) is 0 Å². The van der Waals surface area contributed by atoms with Gasteiger partial charge in [0.15, 0.2) is 8.32 Å². The lowest BCUT2D eigenvalue weighted by Crippen LogP contribution is -2.31. The second-order valence-electron chi connectivity index (χ2n) is 4.38. The molecule has 0 aliphatic carbocycles. The average Bonchev–Trinajstić information content (AvgIpc) is 2.01. The van der Waals surface area contributed by atoms with Crippen LogP contribution in [-0.2, 0) is 4.43 Å². The van der Waals surface area contributed by atoms with Crippen molar-refractivity contribution in [3.8, 4) is 12.3 Å². The largest absolute Gasteiger partial charge is 0.404 e. The Hall–Kier alpha value is -0.263. The lowest BCUT2D eigenvalue weighted by atomic mass is 10.1. The predicted octanol–water partition coefficient (Wildman–Crippen LogP) is 3.42. The summed E-state index contributed by atoms with van der Waals surface area (Å²) in [4.78, 5) is 0. The number of unbranched alkanes of at least 4 members (excludes halogenated alkanes) is 2. The lowest BCUT2D eigenvalue weighted by Gasteiger charge is -2.22. The molecular formula is C11H22OSi. The minimum atomic E-state index is -1.44. The van der Waals surface area contributed by atoms with E-state index in [0.717, 1.165) is 6.42 Å². The van der Waals surface area contributed by atoms with Crippen LogP contribution in [0.15, 0.2) is 0 Å². The summed E-state index contributed by atoms with van der Waals surface area (Å²) in [6.07, 6.45) is 10.2. The van der Waals surface area contributed by atoms with Crippen LogP contribution in [0.25, 0.3) is 0 Å². The second-order valence-corrected chi connectivity index (χ2v) is 8.84. The van der Waals surface area contributed by atoms with Gasteiger partial charge in [0.2, 0.25) is 0 Å². The smallest absolute Gasteiger partial charge is 0.185 e. The Morgan fingerprint density at radius 1 is 1.31 bits per heavy atom. The Bertz CT molecular complexity index is 164. The molecule has 0 spiro atoms. The van der Waals surface area contributed by atoms with E-state index in [1.807, 2.05) is 0 Å². The van der Waals surface area contributed by atoms with Crippen molar-refractivity contribution < 1.29 is 4.43 Å². The number of hydrogen-bond donors (Lipinski definition) is 0. The van der Waals surface area contributed by atoms with Crippen molar-refractivity contribution in [1.29, 1.82) is 0 Å². The summed E-state index contributed by atoms with van der Waals surface area (Å²) in [6.45, 7) is 8.73. The molecule has 0 aromatic carbocycles. The van der Waals surface area contributed by atoms with Crippen molar-refractivity contribution in [1.82, 2.24) is 0 Å². The number of terminal acetylenes is 1. The van der Waals surface area contributed by atoms with E-state index in [9.17, 15) is 0 Å². The molecule has 0 amide bonds. The Morgan fingerprint density at radius 3 is 2.31 bits per heavy atom. The standard InChI is InChI=1S/C11H22OSi/c1-6-8-9-10-11(7-2)12-13(3,4)5/h2,11H,6,8-10H2,1,3-5H3/t11-/m1/s1. The zero-order valence-corrected chi connectivity index (χ0v) is 10.4. The van der Waals surface area contributed by atoms with Gasteiger partial charge in [0.05, 0.1) is 0 Å². The van der Waals surface area contributed by atoms with E-state index in [-0.39, 0.29) is 6.10 Å². The lowest BCUT2D eigenvalue weighted by molar-refractivity contribution is 0.236. The molecule has 2 heteroatoms. The monoisotopic (exact) mass is 198 g/mol. The van der Waals surface area contributed by atoms with Gasteiger partial charge in [-0.25, -0.2) is 0 Å². The van der Waals surface area contributed by atoms with E-state index in [4.69, 9.17) is 10.8 Å². The van der Waals surface area contributed by atoms with Crippen LogP contribution in [0, 0.1) is 12.3 Å². The molecule has 0 unspecified atom stereocenters. The van der Waals surface area contributed by atoms with Gasteiger partial charge in [-0.05, 0) is 32.5 Å². The van der Waals surface area contributed by atoms with E-state index >= 15 is 0 Å². The molecule has 0 saturated carbocycles. The van der Waals surface area contributed by atoms with E-state index in [1.54, 1.807) is 0 Å². The predicted molar refractivity (Wildman–Crippen MR) is 61.2 cm³/mol. The molecule has 0 radical (unpaired) electrons. The van der Waals surface area contributed by atoms with E-state index in [2.05, 4.69) is 32.5 Å². The molecule has 1 atom stereocenters. The molecule has 0 bridgehead atoms. The maximum atomic E-state index is 5.84. The third-order valence-corrected chi connectivity index (χ3v) is 2.74. The zero-order chi connectivity index (χ0) is 10.3. The van der Waals surface area contributed by atoms with Crippen LogP contribution in [-0.4, -0.2) is 14.4 Å². The van der Waals surface area contributed by atoms with Gasteiger partial charge < -0.3 is 4.43 Å². The van der Waals surface area contributed by atoms with Crippen LogP contribution in [0.1, 0.15) is 32.6 Å². The van der Waals surface area contributed by atoms with Gasteiger partial charge in [-0.3, -0.25) is 0 Å². The summed E-state index contributed by atoms with van der Waals surface area (Å²) in [6, 6.07) is 0. The topological polar surface area (TPSA) is 9.23 Å². The van der Waals surface area contributed by atoms with Gasteiger partial charge in [-0.15, -0.1) is 6.42 Å². The Labute approximate surface area is 84.0 Å². The molecule has 0 fully saturated rings. The Kier molecular flexibility index (Phi) is 6.10. The summed E-state index contributed by atoms with van der Waals surface area (Å²) < 4.78 is 5.84. The number of hydrogen-bond acceptors (Lipinski definition) is 1. The fourth-order valence-electron chi connectivity index (χ4n) is 1.18. The van der Waals surface area contributed by atoms with Gasteiger partial charge in [-0.2, -0.15) is 0 Å². The molecule has 0 aromatic rings. The highest BCUT2D eigenvalue weighted by Crippen LogP contribution is 2.12. The van der Waals surface area contributed by atoms with Crippen molar-refractivity contribution in [3.05, 3.63) is 0 Å². The number of rotatable bonds is 6. The van der Waals surface area contributed by atoms with Gasteiger partial charge in [0, 0.05) is 0 Å². The van der Waals surface area contributed by atoms with Crippen molar-refractivity contribution in [2.45, 2.75) is 58.4 Å². The molecule has 0 aliphatic heterocycles. The fraction of sp³-hybridized carbons (Fsp3) is 0.818. The SMILES string of the molecule is C#C[C@H](CCCCC)O[Si](C)(C)C. The van der Waals surface area contributed by atoms with Crippen molar-refractivity contribution in [2.75, 3.05) is 0 Å². The molecule has 1 nitrogen and oxygen atoms in total. The third-order valence-electron chi connectivity index (χ3n) is 1.75. The van der Waals surface area contributed by atoms with Gasteiger partial charge >= 0.3 is 0 Å². The minimum absolute atomic E-state index is 0.0539. The summed E-state index contributed by atoms with van der Waals surface area (Å²) in [5, 5.41) is 0. The van der Waals surface area contributed by atoms with Crippen LogP contribution in [0.2, 0.25) is 19.6 Å². The van der Waals surface area contributed by atoms with E-state index in [0.29, 0.717) is 0 Å². The molecular weight excluding hydrogens is 176 g/mol. The van der Waals surface area contributed by atoms with Gasteiger partial charge in [0.25, 0.3) is 0 Å². The molecule has 0 aromatic heterocycles. The summed E-state index contributed by atoms with van der Waals surface area (Å²) in [7, 11) is -1.44. The second kappa shape index (κ2) is 6.23. The molecule has 76 valence electrons. The van der Waals surface area contributed by atoms with Crippen molar-refractivity contribution >= 4 is 8.32 Å². The first-order valence-corrected chi connectivity index (χ1v) is 8.54. The van der Waals surface area contributed by atoms with E-state index < -0.39 is 8.32 Å². The molecule has 0 aliphatic rings. The molecule has 0 saturated heterocycles. The van der Waals surface area contributed by atoms with E-state index in [1.165, 1.54) is 19.3 Å². The third kappa shape index (κ3) is 8.08. The first kappa shape index (κ1) is 12.7. The van der Waals surface area contributed by atoms with Crippen molar-refractivity contribution in [2.24, 2.45) is 0 Å². The molecule has 0 heterocycles. The zero-order valence-electron chi connectivity index (χ0n) is 9.39. The fourth-order valence-corrected chi connectivity index (χ4v) is 2.22.